The van der Waals surface area contributed by atoms with Crippen molar-refractivity contribution in [3.05, 3.63) is 108 Å². The summed E-state index contributed by atoms with van der Waals surface area (Å²) in [6, 6.07) is 30.4. The van der Waals surface area contributed by atoms with Crippen molar-refractivity contribution in [1.82, 2.24) is 5.32 Å². The molecule has 1 aliphatic rings. The van der Waals surface area contributed by atoms with Gasteiger partial charge in [0.05, 0.1) is 5.92 Å². The summed E-state index contributed by atoms with van der Waals surface area (Å²) in [5.41, 5.74) is 2.73. The van der Waals surface area contributed by atoms with Gasteiger partial charge in [-0.15, -0.1) is 0 Å². The molecule has 3 aromatic carbocycles. The van der Waals surface area contributed by atoms with Gasteiger partial charge in [0.25, 0.3) is 0 Å². The molecule has 1 amide bonds. The average Bonchev–Trinajstić information content (AvgIpc) is 2.86. The van der Waals surface area contributed by atoms with Crippen molar-refractivity contribution in [2.24, 2.45) is 5.92 Å². The van der Waals surface area contributed by atoms with Crippen LogP contribution in [0.2, 0.25) is 0 Å². The summed E-state index contributed by atoms with van der Waals surface area (Å²) in [7, 11) is 0. The van der Waals surface area contributed by atoms with Gasteiger partial charge in [0.15, 0.2) is 0 Å². The number of nitrogens with one attached hydrogen (secondary N) is 1. The number of carbonyl (C=O) groups is 2. The molecule has 188 valence electrons. The van der Waals surface area contributed by atoms with E-state index in [1.165, 1.54) is 0 Å². The second-order valence-electron chi connectivity index (χ2n) is 8.83. The van der Waals surface area contributed by atoms with E-state index in [1.54, 1.807) is 6.92 Å². The molecular formula is C28H26Cl3NO4. The maximum Gasteiger partial charge on any atom is 0.508 e. The van der Waals surface area contributed by atoms with Crippen LogP contribution in [0.1, 0.15) is 30.0 Å². The molecule has 0 spiro atoms. The van der Waals surface area contributed by atoms with Gasteiger partial charge in [0.1, 0.15) is 12.7 Å². The summed E-state index contributed by atoms with van der Waals surface area (Å²) in [4.78, 5) is 24.8. The molecule has 3 aromatic rings. The molecule has 1 aliphatic heterocycles. The van der Waals surface area contributed by atoms with Gasteiger partial charge in [-0.1, -0.05) is 126 Å². The predicted octanol–water partition coefficient (Wildman–Crippen LogP) is 6.44. The molecule has 1 fully saturated rings. The van der Waals surface area contributed by atoms with Crippen molar-refractivity contribution in [2.45, 2.75) is 34.7 Å². The Balaban J connectivity index is 1.67. The van der Waals surface area contributed by atoms with E-state index in [-0.39, 0.29) is 11.9 Å². The lowest BCUT2D eigenvalue weighted by Gasteiger charge is -2.46. The van der Waals surface area contributed by atoms with Crippen molar-refractivity contribution < 1.29 is 19.1 Å². The summed E-state index contributed by atoms with van der Waals surface area (Å²) in [6.07, 6.45) is -1.18. The molecule has 5 nitrogen and oxygen atoms in total. The van der Waals surface area contributed by atoms with Crippen molar-refractivity contribution in [1.29, 1.82) is 0 Å². The number of alkyl halides is 3. The van der Waals surface area contributed by atoms with Crippen LogP contribution in [-0.4, -0.2) is 34.6 Å². The molecule has 36 heavy (non-hydrogen) atoms. The molecule has 0 aliphatic carbocycles. The number of rotatable bonds is 8. The van der Waals surface area contributed by atoms with Crippen LogP contribution in [0.15, 0.2) is 91.0 Å². The first-order valence-electron chi connectivity index (χ1n) is 11.6. The molecule has 4 rings (SSSR count). The Bertz CT molecular complexity index is 1070. The highest BCUT2D eigenvalue weighted by molar-refractivity contribution is 6.67. The lowest BCUT2D eigenvalue weighted by molar-refractivity contribution is -0.142. The van der Waals surface area contributed by atoms with E-state index in [4.69, 9.17) is 44.3 Å². The van der Waals surface area contributed by atoms with E-state index >= 15 is 0 Å². The van der Waals surface area contributed by atoms with Gasteiger partial charge in [-0.05, 0) is 30.0 Å². The number of hydrogen-bond acceptors (Lipinski definition) is 4. The van der Waals surface area contributed by atoms with E-state index in [1.807, 2.05) is 54.6 Å². The minimum atomic E-state index is -1.75. The summed E-state index contributed by atoms with van der Waals surface area (Å²) in [6.45, 7) is 1.21. The van der Waals surface area contributed by atoms with Crippen LogP contribution in [0.3, 0.4) is 0 Å². The van der Waals surface area contributed by atoms with E-state index in [0.29, 0.717) is 6.42 Å². The molecular weight excluding hydrogens is 521 g/mol. The fraction of sp³-hybridized carbons (Fsp3) is 0.286. The van der Waals surface area contributed by atoms with Gasteiger partial charge in [0.2, 0.25) is 9.70 Å². The molecule has 8 heteroatoms. The maximum absolute atomic E-state index is 12.7. The summed E-state index contributed by atoms with van der Waals surface area (Å²) in [5, 5.41) is 3.03. The maximum atomic E-state index is 12.7. The highest BCUT2D eigenvalue weighted by Crippen LogP contribution is 2.45. The first-order valence-corrected chi connectivity index (χ1v) is 12.7. The lowest BCUT2D eigenvalue weighted by atomic mass is 9.63. The second kappa shape index (κ2) is 11.1. The Morgan fingerprint density at radius 3 is 1.69 bits per heavy atom. The Kier molecular flexibility index (Phi) is 8.13. The molecule has 3 atom stereocenters. The summed E-state index contributed by atoms with van der Waals surface area (Å²) < 4.78 is 8.52. The van der Waals surface area contributed by atoms with Crippen LogP contribution < -0.4 is 5.32 Å². The van der Waals surface area contributed by atoms with Gasteiger partial charge >= 0.3 is 6.16 Å². The second-order valence-corrected chi connectivity index (χ2v) is 11.3. The third kappa shape index (κ3) is 5.80. The smallest absolute Gasteiger partial charge is 0.430 e. The van der Waals surface area contributed by atoms with E-state index in [9.17, 15) is 9.59 Å². The standard InChI is InChI=1S/C28H26Cl3NO4/c1-19(36-26(34)35-18-28(29,30)31)24-23(32-25(24)33)17-27(20-11-5-2-6-12-20,21-13-7-3-8-14-21)22-15-9-4-10-16-22/h2-16,19,23-24H,17-18H2,1H3,(H,32,33)/t19?,23-,24-/m1/s1. The number of β-lactam (4-membered cyclic amide) rings is 1. The van der Waals surface area contributed by atoms with Crippen LogP contribution >= 0.6 is 34.8 Å². The van der Waals surface area contributed by atoms with Crippen LogP contribution in [0.5, 0.6) is 0 Å². The molecule has 1 saturated heterocycles. The van der Waals surface area contributed by atoms with Crippen molar-refractivity contribution in [3.8, 4) is 0 Å². The first-order chi connectivity index (χ1) is 17.2. The number of amides is 1. The topological polar surface area (TPSA) is 64.6 Å². The quantitative estimate of drug-likeness (QED) is 0.153. The molecule has 0 radical (unpaired) electrons. The van der Waals surface area contributed by atoms with Gasteiger partial charge < -0.3 is 14.8 Å². The largest absolute Gasteiger partial charge is 0.508 e. The SMILES string of the molecule is CC(OC(=O)OCC(Cl)(Cl)Cl)[C@H]1C(=O)N[C@@H]1CC(c1ccccc1)(c1ccccc1)c1ccccc1. The molecule has 1 unspecified atom stereocenters. The fourth-order valence-electron chi connectivity index (χ4n) is 4.92. The number of hydrogen-bond donors (Lipinski definition) is 1. The van der Waals surface area contributed by atoms with Gasteiger partial charge in [-0.25, -0.2) is 4.79 Å². The average molecular weight is 547 g/mol. The monoisotopic (exact) mass is 545 g/mol. The molecule has 1 N–H and O–H groups in total. The Hall–Kier alpha value is -2.73. The van der Waals surface area contributed by atoms with Crippen LogP contribution in [0.25, 0.3) is 0 Å². The Morgan fingerprint density at radius 2 is 1.31 bits per heavy atom. The normalized spacial score (nSPS) is 18.5. The minimum absolute atomic E-state index is 0.190. The van der Waals surface area contributed by atoms with Crippen molar-refractivity contribution in [3.63, 3.8) is 0 Å². The number of ether oxygens (including phenoxy) is 2. The Labute approximate surface area is 225 Å². The molecule has 0 saturated carbocycles. The fourth-order valence-corrected chi connectivity index (χ4v) is 5.09. The minimum Gasteiger partial charge on any atom is -0.430 e. The van der Waals surface area contributed by atoms with Gasteiger partial charge in [-0.2, -0.15) is 0 Å². The Morgan fingerprint density at radius 1 is 0.861 bits per heavy atom. The highest BCUT2D eigenvalue weighted by atomic mass is 35.6. The van der Waals surface area contributed by atoms with Crippen LogP contribution in [0, 0.1) is 5.92 Å². The lowest BCUT2D eigenvalue weighted by Crippen LogP contribution is -2.64. The highest BCUT2D eigenvalue weighted by Gasteiger charge is 2.50. The van der Waals surface area contributed by atoms with E-state index in [0.717, 1.165) is 16.7 Å². The zero-order chi connectivity index (χ0) is 25.8. The van der Waals surface area contributed by atoms with Crippen LogP contribution in [-0.2, 0) is 19.7 Å². The molecule has 0 aromatic heterocycles. The molecule has 1 heterocycles. The zero-order valence-electron chi connectivity index (χ0n) is 19.6. The third-order valence-corrected chi connectivity index (χ3v) is 6.86. The summed E-state index contributed by atoms with van der Waals surface area (Å²) in [5.74, 6) is -0.759. The number of carbonyl (C=O) groups excluding carboxylic acids is 2. The van der Waals surface area contributed by atoms with Gasteiger partial charge in [0, 0.05) is 11.5 Å². The van der Waals surface area contributed by atoms with E-state index in [2.05, 4.69) is 41.7 Å². The van der Waals surface area contributed by atoms with Gasteiger partial charge in [-0.3, -0.25) is 4.79 Å². The van der Waals surface area contributed by atoms with Crippen molar-refractivity contribution in [2.75, 3.05) is 6.61 Å². The molecule has 0 bridgehead atoms. The van der Waals surface area contributed by atoms with Crippen LogP contribution in [0.4, 0.5) is 4.79 Å². The number of benzene rings is 3. The summed E-state index contributed by atoms with van der Waals surface area (Å²) >= 11 is 16.9. The first kappa shape index (κ1) is 26.3. The predicted molar refractivity (Wildman–Crippen MR) is 141 cm³/mol. The number of halogens is 3. The van der Waals surface area contributed by atoms with Crippen molar-refractivity contribution >= 4 is 46.9 Å². The zero-order valence-corrected chi connectivity index (χ0v) is 21.8. The third-order valence-electron chi connectivity index (χ3n) is 6.53. The van der Waals surface area contributed by atoms with E-state index < -0.39 is 34.0 Å².